The van der Waals surface area contributed by atoms with E-state index in [1.165, 1.54) is 18.3 Å². The fourth-order valence-electron chi connectivity index (χ4n) is 3.73. The number of hydrogen-bond donors (Lipinski definition) is 3. The minimum atomic E-state index is -0.516. The predicted octanol–water partition coefficient (Wildman–Crippen LogP) is 3.79. The molecule has 3 heterocycles. The highest BCUT2D eigenvalue weighted by molar-refractivity contribution is 6.14. The molecule has 0 aliphatic rings. The minimum absolute atomic E-state index is 0.00952. The molecule has 0 unspecified atom stereocenters. The van der Waals surface area contributed by atoms with E-state index in [0.717, 1.165) is 11.8 Å². The largest absolute Gasteiger partial charge is 0.394 e. The summed E-state index contributed by atoms with van der Waals surface area (Å²) in [6, 6.07) is 6.00. The molecule has 0 fully saturated rings. The number of H-pyrrole nitrogens is 2. The van der Waals surface area contributed by atoms with Crippen LogP contribution in [0.1, 0.15) is 5.56 Å². The van der Waals surface area contributed by atoms with E-state index in [1.54, 1.807) is 6.07 Å². The molecule has 5 rings (SSSR count). The number of hydrogen-bond acceptors (Lipinski definition) is 4. The minimum Gasteiger partial charge on any atom is -0.394 e. The van der Waals surface area contributed by atoms with E-state index in [2.05, 4.69) is 20.2 Å². The number of aryl methyl sites for hydroxylation is 1. The summed E-state index contributed by atoms with van der Waals surface area (Å²) in [7, 11) is 0. The molecule has 0 aliphatic carbocycles. The van der Waals surface area contributed by atoms with E-state index in [4.69, 9.17) is 5.73 Å². The van der Waals surface area contributed by atoms with Gasteiger partial charge in [-0.2, -0.15) is 5.10 Å². The Morgan fingerprint density at radius 1 is 1.04 bits per heavy atom. The average Bonchev–Trinajstić information content (AvgIpc) is 3.16. The first kappa shape index (κ1) is 16.4. The number of fused-ring (bicyclic) bond motifs is 4. The Balaban J connectivity index is 2.03. The standard InChI is InChI=1S/C20H13F2N5O/c1-8-4-11-15(10-2-3-14(22)19-13(10)7-25-27-19)16(23)20(28)26-18(11)12-5-9(21)6-24-17(8)12/h2-7H,23H2,1H3,(H,25,27)(H,26,28). The first-order valence-corrected chi connectivity index (χ1v) is 8.48. The van der Waals surface area contributed by atoms with Gasteiger partial charge in [0.2, 0.25) is 0 Å². The van der Waals surface area contributed by atoms with Crippen LogP contribution >= 0.6 is 0 Å². The highest BCUT2D eigenvalue weighted by Gasteiger charge is 2.19. The number of nitrogen functional groups attached to an aromatic ring is 1. The average molecular weight is 377 g/mol. The van der Waals surface area contributed by atoms with Crippen molar-refractivity contribution in [2.75, 3.05) is 5.73 Å². The number of anilines is 1. The van der Waals surface area contributed by atoms with Crippen LogP contribution in [-0.4, -0.2) is 20.2 Å². The molecule has 0 atom stereocenters. The zero-order valence-corrected chi connectivity index (χ0v) is 14.6. The quantitative estimate of drug-likeness (QED) is 0.387. The third kappa shape index (κ3) is 2.14. The zero-order chi connectivity index (χ0) is 19.6. The molecule has 28 heavy (non-hydrogen) atoms. The molecule has 2 aromatic carbocycles. The van der Waals surface area contributed by atoms with Gasteiger partial charge in [0.05, 0.1) is 23.4 Å². The second-order valence-corrected chi connectivity index (χ2v) is 6.66. The van der Waals surface area contributed by atoms with Crippen molar-refractivity contribution in [3.8, 4) is 11.1 Å². The summed E-state index contributed by atoms with van der Waals surface area (Å²) in [5.74, 6) is -0.977. The van der Waals surface area contributed by atoms with Crippen molar-refractivity contribution in [2.24, 2.45) is 0 Å². The van der Waals surface area contributed by atoms with Crippen molar-refractivity contribution in [3.63, 3.8) is 0 Å². The van der Waals surface area contributed by atoms with Crippen molar-refractivity contribution in [1.82, 2.24) is 20.2 Å². The number of benzene rings is 2. The second kappa shape index (κ2) is 5.59. The van der Waals surface area contributed by atoms with Gasteiger partial charge >= 0.3 is 0 Å². The van der Waals surface area contributed by atoms with Gasteiger partial charge in [0.1, 0.15) is 22.8 Å². The maximum atomic E-state index is 14.1. The van der Waals surface area contributed by atoms with Gasteiger partial charge in [-0.1, -0.05) is 6.07 Å². The Morgan fingerprint density at radius 2 is 1.86 bits per heavy atom. The normalized spacial score (nSPS) is 11.7. The summed E-state index contributed by atoms with van der Waals surface area (Å²) >= 11 is 0. The van der Waals surface area contributed by atoms with Crippen LogP contribution in [0.15, 0.2) is 41.5 Å². The van der Waals surface area contributed by atoms with E-state index in [-0.39, 0.29) is 11.2 Å². The number of aromatic amines is 2. The molecule has 3 aromatic heterocycles. The van der Waals surface area contributed by atoms with Gasteiger partial charge in [-0.15, -0.1) is 0 Å². The van der Waals surface area contributed by atoms with Crippen molar-refractivity contribution < 1.29 is 8.78 Å². The van der Waals surface area contributed by atoms with Crippen molar-refractivity contribution in [1.29, 1.82) is 0 Å². The Kier molecular flexibility index (Phi) is 3.27. The Morgan fingerprint density at radius 3 is 2.68 bits per heavy atom. The second-order valence-electron chi connectivity index (χ2n) is 6.66. The summed E-state index contributed by atoms with van der Waals surface area (Å²) in [5.41, 5.74) is 8.63. The number of nitrogens with zero attached hydrogens (tertiary/aromatic N) is 2. The summed E-state index contributed by atoms with van der Waals surface area (Å²) in [6.07, 6.45) is 2.61. The van der Waals surface area contributed by atoms with Crippen molar-refractivity contribution in [2.45, 2.75) is 6.92 Å². The van der Waals surface area contributed by atoms with Crippen LogP contribution in [0.3, 0.4) is 0 Å². The number of rotatable bonds is 1. The summed E-state index contributed by atoms with van der Waals surface area (Å²) in [4.78, 5) is 19.5. The summed E-state index contributed by atoms with van der Waals surface area (Å²) in [5, 5.41) is 8.11. The monoisotopic (exact) mass is 377 g/mol. The van der Waals surface area contributed by atoms with Gasteiger partial charge in [0, 0.05) is 21.7 Å². The highest BCUT2D eigenvalue weighted by Crippen LogP contribution is 2.38. The van der Waals surface area contributed by atoms with E-state index in [1.807, 2.05) is 13.0 Å². The van der Waals surface area contributed by atoms with Crippen LogP contribution in [0.25, 0.3) is 43.8 Å². The molecule has 0 saturated heterocycles. The smallest absolute Gasteiger partial charge is 0.272 e. The van der Waals surface area contributed by atoms with Gasteiger partial charge in [0.15, 0.2) is 0 Å². The van der Waals surface area contributed by atoms with Gasteiger partial charge < -0.3 is 10.7 Å². The van der Waals surface area contributed by atoms with Crippen LogP contribution in [0.5, 0.6) is 0 Å². The third-order valence-corrected chi connectivity index (χ3v) is 4.98. The molecule has 0 aliphatic heterocycles. The van der Waals surface area contributed by atoms with Gasteiger partial charge in [-0.3, -0.25) is 14.9 Å². The number of nitrogens with one attached hydrogen (secondary N) is 2. The fraction of sp³-hybridized carbons (Fsp3) is 0.0500. The molecule has 6 nitrogen and oxygen atoms in total. The Hall–Kier alpha value is -3.81. The maximum Gasteiger partial charge on any atom is 0.272 e. The topological polar surface area (TPSA) is 100 Å². The van der Waals surface area contributed by atoms with Crippen LogP contribution in [-0.2, 0) is 0 Å². The maximum absolute atomic E-state index is 14.1. The first-order chi connectivity index (χ1) is 13.5. The zero-order valence-electron chi connectivity index (χ0n) is 14.6. The van der Waals surface area contributed by atoms with E-state index < -0.39 is 17.2 Å². The lowest BCUT2D eigenvalue weighted by atomic mass is 9.94. The lowest BCUT2D eigenvalue weighted by Gasteiger charge is -2.14. The molecule has 138 valence electrons. The molecule has 0 radical (unpaired) electrons. The molecular formula is C20H13F2N5O. The SMILES string of the molecule is Cc1cc2c(-c3ccc(F)c4[nH]ncc34)c(N)c(=O)[nH]c2c2cc(F)cnc12. The number of aromatic nitrogens is 4. The highest BCUT2D eigenvalue weighted by atomic mass is 19.1. The molecule has 5 aromatic rings. The van der Waals surface area contributed by atoms with Crippen LogP contribution < -0.4 is 11.3 Å². The number of halogens is 2. The van der Waals surface area contributed by atoms with E-state index >= 15 is 0 Å². The van der Waals surface area contributed by atoms with Crippen LogP contribution in [0.2, 0.25) is 0 Å². The van der Waals surface area contributed by atoms with Gasteiger partial charge in [-0.05, 0) is 36.2 Å². The fourth-order valence-corrected chi connectivity index (χ4v) is 3.73. The number of pyridine rings is 2. The van der Waals surface area contributed by atoms with Crippen molar-refractivity contribution in [3.05, 3.63) is 64.2 Å². The Bertz CT molecular complexity index is 1490. The summed E-state index contributed by atoms with van der Waals surface area (Å²) in [6.45, 7) is 1.84. The predicted molar refractivity (Wildman–Crippen MR) is 104 cm³/mol. The van der Waals surface area contributed by atoms with Gasteiger partial charge in [0.25, 0.3) is 5.56 Å². The lowest BCUT2D eigenvalue weighted by molar-refractivity contribution is 0.624. The van der Waals surface area contributed by atoms with Crippen LogP contribution in [0.4, 0.5) is 14.5 Å². The molecule has 4 N–H and O–H groups in total. The first-order valence-electron chi connectivity index (χ1n) is 8.48. The third-order valence-electron chi connectivity index (χ3n) is 4.98. The molecule has 0 bridgehead atoms. The molecular weight excluding hydrogens is 364 g/mol. The van der Waals surface area contributed by atoms with Gasteiger partial charge in [-0.25, -0.2) is 8.78 Å². The number of nitrogens with two attached hydrogens (primary N) is 1. The molecule has 0 spiro atoms. The van der Waals surface area contributed by atoms with Crippen molar-refractivity contribution >= 4 is 38.4 Å². The lowest BCUT2D eigenvalue weighted by Crippen LogP contribution is -2.14. The summed E-state index contributed by atoms with van der Waals surface area (Å²) < 4.78 is 28.0. The van der Waals surface area contributed by atoms with E-state index in [9.17, 15) is 13.6 Å². The van der Waals surface area contributed by atoms with E-state index in [0.29, 0.717) is 38.3 Å². The molecule has 0 saturated carbocycles. The molecule has 0 amide bonds. The molecule has 8 heteroatoms. The Labute approximate surface area is 156 Å². The van der Waals surface area contributed by atoms with Crippen LogP contribution in [0, 0.1) is 18.6 Å².